The third-order valence-corrected chi connectivity index (χ3v) is 3.29. The third kappa shape index (κ3) is 1.45. The normalized spacial score (nSPS) is 15.1. The van der Waals surface area contributed by atoms with Gasteiger partial charge in [-0.25, -0.2) is 4.39 Å². The Morgan fingerprint density at radius 2 is 2.11 bits per heavy atom. The first-order chi connectivity index (χ1) is 8.95. The molecule has 6 heteroatoms. The van der Waals surface area contributed by atoms with Crippen molar-refractivity contribution in [1.82, 2.24) is 14.8 Å². The summed E-state index contributed by atoms with van der Waals surface area (Å²) < 4.78 is 15.8. The van der Waals surface area contributed by atoms with Gasteiger partial charge in [0, 0.05) is 0 Å². The number of aromatic nitrogens is 3. The maximum absolute atomic E-state index is 14.0. The Labute approximate surface area is 109 Å². The van der Waals surface area contributed by atoms with Gasteiger partial charge in [-0.05, 0) is 32.9 Å². The van der Waals surface area contributed by atoms with Gasteiger partial charge in [-0.2, -0.15) is 5.26 Å². The molecule has 5 nitrogen and oxygen atoms in total. The summed E-state index contributed by atoms with van der Waals surface area (Å²) in [5, 5.41) is 20.5. The molecular formula is C13H12FN5. The molecule has 0 fully saturated rings. The van der Waals surface area contributed by atoms with E-state index in [1.54, 1.807) is 11.5 Å². The highest BCUT2D eigenvalue weighted by Crippen LogP contribution is 2.39. The van der Waals surface area contributed by atoms with Crippen LogP contribution in [0.25, 0.3) is 5.69 Å². The van der Waals surface area contributed by atoms with E-state index in [4.69, 9.17) is 0 Å². The van der Waals surface area contributed by atoms with Crippen molar-refractivity contribution in [3.05, 3.63) is 35.2 Å². The van der Waals surface area contributed by atoms with Gasteiger partial charge in [0.25, 0.3) is 0 Å². The molecule has 0 spiro atoms. The minimum atomic E-state index is -0.552. The van der Waals surface area contributed by atoms with Gasteiger partial charge in [-0.1, -0.05) is 0 Å². The molecule has 0 saturated carbocycles. The zero-order valence-electron chi connectivity index (χ0n) is 10.8. The van der Waals surface area contributed by atoms with E-state index in [0.29, 0.717) is 28.6 Å². The highest BCUT2D eigenvalue weighted by Gasteiger charge is 2.36. The number of nitriles is 1. The smallest absolute Gasteiger partial charge is 0.162 e. The van der Waals surface area contributed by atoms with Crippen LogP contribution in [-0.2, 0) is 5.54 Å². The van der Waals surface area contributed by atoms with E-state index in [1.165, 1.54) is 12.1 Å². The van der Waals surface area contributed by atoms with Crippen LogP contribution in [0.1, 0.15) is 31.1 Å². The van der Waals surface area contributed by atoms with E-state index >= 15 is 0 Å². The molecule has 0 bridgehead atoms. The molecule has 0 radical (unpaired) electrons. The summed E-state index contributed by atoms with van der Waals surface area (Å²) in [4.78, 5) is 0. The van der Waals surface area contributed by atoms with E-state index in [-0.39, 0.29) is 5.82 Å². The fourth-order valence-electron chi connectivity index (χ4n) is 2.41. The first kappa shape index (κ1) is 11.7. The summed E-state index contributed by atoms with van der Waals surface area (Å²) >= 11 is 0. The Hall–Kier alpha value is -2.42. The largest absolute Gasteiger partial charge is 0.369 e. The number of anilines is 1. The second-order valence-electron chi connectivity index (χ2n) is 5.09. The van der Waals surface area contributed by atoms with Crippen LogP contribution in [0.2, 0.25) is 0 Å². The topological polar surface area (TPSA) is 66.5 Å². The van der Waals surface area contributed by atoms with Crippen LogP contribution in [0.15, 0.2) is 12.1 Å². The van der Waals surface area contributed by atoms with Gasteiger partial charge in [0.2, 0.25) is 0 Å². The van der Waals surface area contributed by atoms with E-state index < -0.39 is 5.54 Å². The number of rotatable bonds is 0. The maximum atomic E-state index is 14.0. The summed E-state index contributed by atoms with van der Waals surface area (Å²) in [5.74, 6) is 0.911. The fourth-order valence-corrected chi connectivity index (χ4v) is 2.41. The Balaban J connectivity index is 2.45. The summed E-state index contributed by atoms with van der Waals surface area (Å²) in [6.07, 6.45) is 0. The number of aryl methyl sites for hydroxylation is 1. The van der Waals surface area contributed by atoms with Crippen LogP contribution in [-0.4, -0.2) is 14.8 Å². The molecule has 1 aromatic carbocycles. The van der Waals surface area contributed by atoms with E-state index in [9.17, 15) is 9.65 Å². The molecule has 0 saturated heterocycles. The molecule has 0 amide bonds. The second-order valence-corrected chi connectivity index (χ2v) is 5.09. The van der Waals surface area contributed by atoms with E-state index in [0.717, 1.165) is 0 Å². The lowest BCUT2D eigenvalue weighted by Gasteiger charge is -2.34. The highest BCUT2D eigenvalue weighted by atomic mass is 19.1. The molecule has 2 heterocycles. The lowest BCUT2D eigenvalue weighted by atomic mass is 9.98. The molecule has 2 aromatic rings. The molecule has 1 aromatic heterocycles. The number of nitrogens with zero attached hydrogens (tertiary/aromatic N) is 4. The molecule has 0 aliphatic carbocycles. The maximum Gasteiger partial charge on any atom is 0.162 e. The summed E-state index contributed by atoms with van der Waals surface area (Å²) in [6, 6.07) is 4.85. The molecule has 3 rings (SSSR count). The van der Waals surface area contributed by atoms with Crippen molar-refractivity contribution < 1.29 is 4.39 Å². The van der Waals surface area contributed by atoms with Crippen LogP contribution in [0.3, 0.4) is 0 Å². The Morgan fingerprint density at radius 1 is 1.37 bits per heavy atom. The molecular weight excluding hydrogens is 245 g/mol. The standard InChI is InChI=1S/C13H12FN5/c1-7-17-18-12-13(2,3)16-10-9(14)5-4-8(6-15)11(10)19(7)12/h4-5,16H,1-3H3. The first-order valence-corrected chi connectivity index (χ1v) is 5.89. The Morgan fingerprint density at radius 3 is 2.79 bits per heavy atom. The number of halogens is 1. The molecule has 0 unspecified atom stereocenters. The third-order valence-electron chi connectivity index (χ3n) is 3.29. The molecule has 96 valence electrons. The van der Waals surface area contributed by atoms with Crippen molar-refractivity contribution in [3.8, 4) is 11.8 Å². The van der Waals surface area contributed by atoms with Gasteiger partial charge in [-0.3, -0.25) is 4.57 Å². The van der Waals surface area contributed by atoms with Crippen molar-refractivity contribution in [1.29, 1.82) is 5.26 Å². The average molecular weight is 257 g/mol. The van der Waals surface area contributed by atoms with Crippen LogP contribution >= 0.6 is 0 Å². The van der Waals surface area contributed by atoms with E-state index in [1.807, 2.05) is 13.8 Å². The lowest BCUT2D eigenvalue weighted by Crippen LogP contribution is -2.36. The van der Waals surface area contributed by atoms with Gasteiger partial charge in [0.05, 0.1) is 22.5 Å². The monoisotopic (exact) mass is 257 g/mol. The van der Waals surface area contributed by atoms with Gasteiger partial charge in [0.1, 0.15) is 17.7 Å². The molecule has 0 atom stereocenters. The lowest BCUT2D eigenvalue weighted by molar-refractivity contribution is 0.522. The minimum absolute atomic E-state index is 0.319. The van der Waals surface area contributed by atoms with E-state index in [2.05, 4.69) is 21.6 Å². The number of hydrogen-bond donors (Lipinski definition) is 1. The predicted molar refractivity (Wildman–Crippen MR) is 67.4 cm³/mol. The van der Waals surface area contributed by atoms with Crippen LogP contribution in [0.4, 0.5) is 10.1 Å². The first-order valence-electron chi connectivity index (χ1n) is 5.89. The van der Waals surface area contributed by atoms with Gasteiger partial charge in [0.15, 0.2) is 5.82 Å². The number of benzene rings is 1. The quantitative estimate of drug-likeness (QED) is 0.786. The number of hydrogen-bond acceptors (Lipinski definition) is 4. The van der Waals surface area contributed by atoms with Crippen molar-refractivity contribution in [2.45, 2.75) is 26.3 Å². The number of fused-ring (bicyclic) bond motifs is 3. The SMILES string of the molecule is Cc1nnc2n1-c1c(C#N)ccc(F)c1NC2(C)C. The Bertz CT molecular complexity index is 723. The minimum Gasteiger partial charge on any atom is -0.369 e. The molecule has 1 N–H and O–H groups in total. The van der Waals surface area contributed by atoms with Gasteiger partial charge >= 0.3 is 0 Å². The van der Waals surface area contributed by atoms with Crippen LogP contribution in [0.5, 0.6) is 0 Å². The van der Waals surface area contributed by atoms with Gasteiger partial charge < -0.3 is 5.32 Å². The van der Waals surface area contributed by atoms with Crippen molar-refractivity contribution in [2.24, 2.45) is 0 Å². The van der Waals surface area contributed by atoms with Crippen LogP contribution in [0, 0.1) is 24.1 Å². The summed E-state index contributed by atoms with van der Waals surface area (Å²) in [5.41, 5.74) is 0.644. The highest BCUT2D eigenvalue weighted by molar-refractivity contribution is 5.72. The average Bonchev–Trinajstić information content (AvgIpc) is 2.74. The number of nitrogens with one attached hydrogen (secondary N) is 1. The fraction of sp³-hybridized carbons (Fsp3) is 0.308. The van der Waals surface area contributed by atoms with Crippen molar-refractivity contribution >= 4 is 5.69 Å². The van der Waals surface area contributed by atoms with Crippen LogP contribution < -0.4 is 5.32 Å². The summed E-state index contributed by atoms with van der Waals surface area (Å²) in [6.45, 7) is 5.58. The molecule has 1 aliphatic rings. The van der Waals surface area contributed by atoms with Crippen molar-refractivity contribution in [2.75, 3.05) is 5.32 Å². The van der Waals surface area contributed by atoms with Gasteiger partial charge in [-0.15, -0.1) is 10.2 Å². The predicted octanol–water partition coefficient (Wildman–Crippen LogP) is 2.25. The molecule has 1 aliphatic heterocycles. The molecule has 19 heavy (non-hydrogen) atoms. The Kier molecular flexibility index (Phi) is 2.17. The zero-order valence-corrected chi connectivity index (χ0v) is 10.8. The van der Waals surface area contributed by atoms with Crippen molar-refractivity contribution in [3.63, 3.8) is 0 Å². The summed E-state index contributed by atoms with van der Waals surface area (Å²) in [7, 11) is 0. The second kappa shape index (κ2) is 3.54. The zero-order chi connectivity index (χ0) is 13.8.